The summed E-state index contributed by atoms with van der Waals surface area (Å²) in [5.74, 6) is 0. The van der Waals surface area contributed by atoms with Crippen molar-refractivity contribution < 1.29 is 4.43 Å². The fourth-order valence-corrected chi connectivity index (χ4v) is 4.23. The Morgan fingerprint density at radius 2 is 1.80 bits per heavy atom. The normalized spacial score (nSPS) is 12.7. The molecular weight excluding hydrogens is 200 g/mol. The quantitative estimate of drug-likeness (QED) is 0.643. The lowest BCUT2D eigenvalue weighted by Crippen LogP contribution is -2.21. The lowest BCUT2D eigenvalue weighted by Gasteiger charge is -2.15. The van der Waals surface area contributed by atoms with Crippen molar-refractivity contribution in [2.24, 2.45) is 0 Å². The van der Waals surface area contributed by atoms with Crippen LogP contribution in [0.4, 0.5) is 0 Å². The Hall–Kier alpha value is -0.603. The van der Waals surface area contributed by atoms with E-state index in [0.717, 1.165) is 13.0 Å². The molecule has 0 heterocycles. The minimum Gasteiger partial charge on any atom is -0.420 e. The van der Waals surface area contributed by atoms with Crippen LogP contribution in [0.3, 0.4) is 0 Å². The average Bonchev–Trinajstić information content (AvgIpc) is 2.28. The molecule has 0 aliphatic heterocycles. The van der Waals surface area contributed by atoms with Gasteiger partial charge < -0.3 is 4.43 Å². The van der Waals surface area contributed by atoms with Crippen molar-refractivity contribution in [3.05, 3.63) is 35.9 Å². The highest BCUT2D eigenvalue weighted by atomic mass is 28.3. The molecule has 1 nitrogen and oxygen atoms in total. The van der Waals surface area contributed by atoms with Gasteiger partial charge in [0.05, 0.1) is 0 Å². The van der Waals surface area contributed by atoms with Gasteiger partial charge in [-0.1, -0.05) is 50.6 Å². The Bertz CT molecular complexity index is 248. The van der Waals surface area contributed by atoms with Crippen molar-refractivity contribution in [1.29, 1.82) is 0 Å². The minimum atomic E-state index is -0.978. The summed E-state index contributed by atoms with van der Waals surface area (Å²) in [5.41, 5.74) is 1.44. The summed E-state index contributed by atoms with van der Waals surface area (Å²) in [4.78, 5) is 0. The Balaban J connectivity index is 2.43. The van der Waals surface area contributed by atoms with Crippen LogP contribution in [0.5, 0.6) is 0 Å². The third-order valence-corrected chi connectivity index (χ3v) is 5.33. The second-order valence-electron chi connectivity index (χ2n) is 3.97. The molecule has 1 atom stereocenters. The molecule has 0 aliphatic rings. The fourth-order valence-electron chi connectivity index (χ4n) is 1.73. The standard InChI is InChI=1S/C13H22OSi/c1-3-10-14-15(11-4-2)12-13-8-6-5-7-9-13/h5-9,15H,3-4,10-12H2,1-2H3. The van der Waals surface area contributed by atoms with E-state index >= 15 is 0 Å². The average molecular weight is 222 g/mol. The lowest BCUT2D eigenvalue weighted by molar-refractivity contribution is 0.317. The molecule has 0 spiro atoms. The lowest BCUT2D eigenvalue weighted by atomic mass is 10.2. The SMILES string of the molecule is CCCO[SiH](CCC)Cc1ccccc1. The molecule has 0 aromatic heterocycles. The highest BCUT2D eigenvalue weighted by molar-refractivity contribution is 6.51. The number of hydrogen-bond acceptors (Lipinski definition) is 1. The predicted molar refractivity (Wildman–Crippen MR) is 68.6 cm³/mol. The first-order valence-electron chi connectivity index (χ1n) is 6.02. The van der Waals surface area contributed by atoms with Gasteiger partial charge in [0.15, 0.2) is 9.04 Å². The van der Waals surface area contributed by atoms with Crippen molar-refractivity contribution in [2.75, 3.05) is 6.61 Å². The highest BCUT2D eigenvalue weighted by Gasteiger charge is 2.10. The molecule has 0 aliphatic carbocycles. The third-order valence-electron chi connectivity index (χ3n) is 2.47. The van der Waals surface area contributed by atoms with Crippen LogP contribution in [0, 0.1) is 0 Å². The topological polar surface area (TPSA) is 9.23 Å². The maximum atomic E-state index is 5.97. The van der Waals surface area contributed by atoms with Gasteiger partial charge in [-0.25, -0.2) is 0 Å². The van der Waals surface area contributed by atoms with Crippen molar-refractivity contribution in [2.45, 2.75) is 38.8 Å². The monoisotopic (exact) mass is 222 g/mol. The summed E-state index contributed by atoms with van der Waals surface area (Å²) >= 11 is 0. The summed E-state index contributed by atoms with van der Waals surface area (Å²) in [6.07, 6.45) is 2.40. The summed E-state index contributed by atoms with van der Waals surface area (Å²) in [5, 5.41) is 0. The van der Waals surface area contributed by atoms with Gasteiger partial charge in [0.2, 0.25) is 0 Å². The van der Waals surface area contributed by atoms with Gasteiger partial charge in [0.1, 0.15) is 0 Å². The molecule has 15 heavy (non-hydrogen) atoms. The first-order valence-corrected chi connectivity index (χ1v) is 8.12. The van der Waals surface area contributed by atoms with E-state index in [0.29, 0.717) is 0 Å². The molecular formula is C13H22OSi. The van der Waals surface area contributed by atoms with Gasteiger partial charge in [-0.05, 0) is 24.1 Å². The summed E-state index contributed by atoms with van der Waals surface area (Å²) in [7, 11) is -0.978. The van der Waals surface area contributed by atoms with E-state index < -0.39 is 9.04 Å². The summed E-state index contributed by atoms with van der Waals surface area (Å²) < 4.78 is 5.97. The van der Waals surface area contributed by atoms with Crippen molar-refractivity contribution in [3.8, 4) is 0 Å². The number of benzene rings is 1. The van der Waals surface area contributed by atoms with Crippen LogP contribution in [0.25, 0.3) is 0 Å². The van der Waals surface area contributed by atoms with E-state index in [1.54, 1.807) is 0 Å². The van der Waals surface area contributed by atoms with Crippen molar-refractivity contribution in [1.82, 2.24) is 0 Å². The van der Waals surface area contributed by atoms with Gasteiger partial charge in [0, 0.05) is 6.61 Å². The Morgan fingerprint density at radius 3 is 2.40 bits per heavy atom. The number of hydrogen-bond donors (Lipinski definition) is 0. The van der Waals surface area contributed by atoms with E-state index in [1.807, 2.05) is 0 Å². The molecule has 0 radical (unpaired) electrons. The molecule has 0 fully saturated rings. The fraction of sp³-hybridized carbons (Fsp3) is 0.538. The molecule has 1 aromatic carbocycles. The molecule has 0 saturated heterocycles. The Labute approximate surface area is 95.2 Å². The first kappa shape index (κ1) is 12.5. The van der Waals surface area contributed by atoms with Crippen LogP contribution in [0.2, 0.25) is 6.04 Å². The Kier molecular flexibility index (Phi) is 6.36. The van der Waals surface area contributed by atoms with Crippen LogP contribution in [0.15, 0.2) is 30.3 Å². The van der Waals surface area contributed by atoms with E-state index in [1.165, 1.54) is 24.1 Å². The molecule has 1 aromatic rings. The maximum absolute atomic E-state index is 5.97. The van der Waals surface area contributed by atoms with Crippen LogP contribution < -0.4 is 0 Å². The molecule has 0 N–H and O–H groups in total. The van der Waals surface area contributed by atoms with Gasteiger partial charge in [0.25, 0.3) is 0 Å². The molecule has 1 rings (SSSR count). The van der Waals surface area contributed by atoms with E-state index in [-0.39, 0.29) is 0 Å². The summed E-state index contributed by atoms with van der Waals surface area (Å²) in [6.45, 7) is 5.38. The predicted octanol–water partition coefficient (Wildman–Crippen LogP) is 3.33. The van der Waals surface area contributed by atoms with Gasteiger partial charge in [-0.15, -0.1) is 0 Å². The van der Waals surface area contributed by atoms with Crippen LogP contribution >= 0.6 is 0 Å². The molecule has 84 valence electrons. The molecule has 0 amide bonds. The first-order chi connectivity index (χ1) is 7.36. The minimum absolute atomic E-state index is 0.948. The largest absolute Gasteiger partial charge is 0.420 e. The van der Waals surface area contributed by atoms with E-state index in [2.05, 4.69) is 44.2 Å². The second-order valence-corrected chi connectivity index (χ2v) is 6.53. The van der Waals surface area contributed by atoms with E-state index in [9.17, 15) is 0 Å². The highest BCUT2D eigenvalue weighted by Crippen LogP contribution is 2.08. The molecule has 1 unspecified atom stereocenters. The smallest absolute Gasteiger partial charge is 0.181 e. The third kappa shape index (κ3) is 5.14. The molecule has 0 bridgehead atoms. The van der Waals surface area contributed by atoms with Gasteiger partial charge in [-0.2, -0.15) is 0 Å². The second kappa shape index (κ2) is 7.66. The zero-order chi connectivity index (χ0) is 10.9. The number of rotatable bonds is 7. The zero-order valence-electron chi connectivity index (χ0n) is 9.91. The summed E-state index contributed by atoms with van der Waals surface area (Å²) in [6, 6.07) is 13.2. The van der Waals surface area contributed by atoms with Crippen molar-refractivity contribution in [3.63, 3.8) is 0 Å². The zero-order valence-corrected chi connectivity index (χ0v) is 11.1. The molecule has 2 heteroatoms. The van der Waals surface area contributed by atoms with E-state index in [4.69, 9.17) is 4.43 Å². The Morgan fingerprint density at radius 1 is 1.07 bits per heavy atom. The van der Waals surface area contributed by atoms with Crippen LogP contribution in [-0.4, -0.2) is 15.6 Å². The molecule has 0 saturated carbocycles. The van der Waals surface area contributed by atoms with Crippen molar-refractivity contribution >= 4 is 9.04 Å². The van der Waals surface area contributed by atoms with Gasteiger partial charge in [-0.3, -0.25) is 0 Å². The van der Waals surface area contributed by atoms with Gasteiger partial charge >= 0.3 is 0 Å². The maximum Gasteiger partial charge on any atom is 0.181 e. The van der Waals surface area contributed by atoms with Crippen LogP contribution in [0.1, 0.15) is 32.3 Å². The van der Waals surface area contributed by atoms with Crippen LogP contribution in [-0.2, 0) is 10.5 Å².